The van der Waals surface area contributed by atoms with Crippen molar-refractivity contribution in [2.45, 2.75) is 13.5 Å². The van der Waals surface area contributed by atoms with Crippen molar-refractivity contribution in [3.63, 3.8) is 0 Å². The lowest BCUT2D eigenvalue weighted by molar-refractivity contribution is 0.453. The van der Waals surface area contributed by atoms with Crippen molar-refractivity contribution in [3.8, 4) is 11.6 Å². The van der Waals surface area contributed by atoms with Gasteiger partial charge >= 0.3 is 0 Å². The monoisotopic (exact) mass is 370 g/mol. The Kier molecular flexibility index (Phi) is 4.37. The van der Waals surface area contributed by atoms with Crippen LogP contribution in [-0.2, 0) is 6.54 Å². The van der Waals surface area contributed by atoms with Crippen LogP contribution in [0.2, 0.25) is 0 Å². The predicted molar refractivity (Wildman–Crippen MR) is 78.8 cm³/mol. The van der Waals surface area contributed by atoms with Crippen LogP contribution in [0.15, 0.2) is 39.4 Å². The van der Waals surface area contributed by atoms with Crippen molar-refractivity contribution in [3.05, 3.63) is 50.5 Å². The number of benzene rings is 1. The Labute approximate surface area is 123 Å². The summed E-state index contributed by atoms with van der Waals surface area (Å²) in [6.45, 7) is 2.39. The van der Waals surface area contributed by atoms with Gasteiger partial charge in [0, 0.05) is 22.8 Å². The molecular weight excluding hydrogens is 360 g/mol. The first-order chi connectivity index (χ1) is 8.60. The van der Waals surface area contributed by atoms with E-state index in [0.29, 0.717) is 12.4 Å². The third kappa shape index (κ3) is 3.10. The number of ether oxygens (including phenoxy) is 1. The molecule has 1 heterocycles. The van der Waals surface area contributed by atoms with Gasteiger partial charge in [-0.15, -0.1) is 0 Å². The van der Waals surface area contributed by atoms with E-state index in [-0.39, 0.29) is 0 Å². The Hall–Kier alpha value is -0.910. The first-order valence-corrected chi connectivity index (χ1v) is 6.97. The summed E-state index contributed by atoms with van der Waals surface area (Å²) in [7, 11) is 0. The molecular formula is C13H12Br2N2O. The van der Waals surface area contributed by atoms with Crippen LogP contribution >= 0.6 is 31.9 Å². The molecule has 1 aromatic heterocycles. The van der Waals surface area contributed by atoms with Gasteiger partial charge in [0.25, 0.3) is 0 Å². The Balaban J connectivity index is 2.33. The molecule has 0 unspecified atom stereocenters. The van der Waals surface area contributed by atoms with E-state index >= 15 is 0 Å². The number of rotatable bonds is 3. The molecule has 1 aromatic carbocycles. The van der Waals surface area contributed by atoms with Crippen LogP contribution in [0.1, 0.15) is 11.1 Å². The number of aryl methyl sites for hydroxylation is 1. The summed E-state index contributed by atoms with van der Waals surface area (Å²) in [4.78, 5) is 4.25. The first-order valence-electron chi connectivity index (χ1n) is 5.38. The summed E-state index contributed by atoms with van der Waals surface area (Å²) >= 11 is 6.85. The van der Waals surface area contributed by atoms with Gasteiger partial charge in [0.15, 0.2) is 0 Å². The fourth-order valence-corrected chi connectivity index (χ4v) is 2.46. The van der Waals surface area contributed by atoms with Gasteiger partial charge in [0.1, 0.15) is 5.75 Å². The highest BCUT2D eigenvalue weighted by Gasteiger charge is 2.08. The van der Waals surface area contributed by atoms with Crippen LogP contribution in [0.25, 0.3) is 0 Å². The van der Waals surface area contributed by atoms with Gasteiger partial charge in [0.05, 0.1) is 4.47 Å². The van der Waals surface area contributed by atoms with E-state index < -0.39 is 0 Å². The van der Waals surface area contributed by atoms with E-state index in [2.05, 4.69) is 36.8 Å². The fraction of sp³-hybridized carbons (Fsp3) is 0.154. The van der Waals surface area contributed by atoms with Crippen molar-refractivity contribution in [1.82, 2.24) is 4.98 Å². The third-order valence-electron chi connectivity index (χ3n) is 2.39. The quantitative estimate of drug-likeness (QED) is 0.880. The molecule has 0 atom stereocenters. The number of pyridine rings is 1. The zero-order valence-electron chi connectivity index (χ0n) is 9.78. The second-order valence-electron chi connectivity index (χ2n) is 3.86. The van der Waals surface area contributed by atoms with E-state index in [9.17, 15) is 0 Å². The highest BCUT2D eigenvalue weighted by molar-refractivity contribution is 9.10. The lowest BCUT2D eigenvalue weighted by Gasteiger charge is -2.11. The minimum atomic E-state index is 0.415. The summed E-state index contributed by atoms with van der Waals surface area (Å²) in [5.41, 5.74) is 7.70. The predicted octanol–water partition coefficient (Wildman–Crippen LogP) is 4.17. The smallest absolute Gasteiger partial charge is 0.233 e. The molecule has 0 amide bonds. The number of halogens is 2. The van der Waals surface area contributed by atoms with E-state index in [0.717, 1.165) is 25.8 Å². The van der Waals surface area contributed by atoms with Crippen molar-refractivity contribution in [2.75, 3.05) is 0 Å². The van der Waals surface area contributed by atoms with Crippen LogP contribution in [0, 0.1) is 6.92 Å². The van der Waals surface area contributed by atoms with Crippen molar-refractivity contribution in [2.24, 2.45) is 5.73 Å². The molecule has 0 fully saturated rings. The largest absolute Gasteiger partial charge is 0.438 e. The number of nitrogens with zero attached hydrogens (tertiary/aromatic N) is 1. The van der Waals surface area contributed by atoms with Gasteiger partial charge in [-0.25, -0.2) is 4.98 Å². The van der Waals surface area contributed by atoms with E-state index in [1.165, 1.54) is 0 Å². The highest BCUT2D eigenvalue weighted by Crippen LogP contribution is 2.31. The van der Waals surface area contributed by atoms with Crippen LogP contribution < -0.4 is 10.5 Å². The van der Waals surface area contributed by atoms with Gasteiger partial charge in [-0.1, -0.05) is 15.9 Å². The van der Waals surface area contributed by atoms with E-state index in [1.807, 2.05) is 31.2 Å². The molecule has 0 radical (unpaired) electrons. The van der Waals surface area contributed by atoms with Gasteiger partial charge in [-0.3, -0.25) is 0 Å². The molecule has 0 aliphatic rings. The molecule has 5 heteroatoms. The van der Waals surface area contributed by atoms with Crippen LogP contribution in [0.4, 0.5) is 0 Å². The van der Waals surface area contributed by atoms with Crippen LogP contribution in [0.3, 0.4) is 0 Å². The summed E-state index contributed by atoms with van der Waals surface area (Å²) in [5.74, 6) is 1.26. The van der Waals surface area contributed by atoms with E-state index in [1.54, 1.807) is 6.20 Å². The van der Waals surface area contributed by atoms with Gasteiger partial charge < -0.3 is 10.5 Å². The first kappa shape index (κ1) is 13.5. The van der Waals surface area contributed by atoms with Gasteiger partial charge in [-0.05, 0) is 52.7 Å². The summed E-state index contributed by atoms with van der Waals surface area (Å²) in [5, 5.41) is 0. The van der Waals surface area contributed by atoms with Crippen LogP contribution in [0.5, 0.6) is 11.6 Å². The maximum atomic E-state index is 5.78. The average Bonchev–Trinajstić information content (AvgIpc) is 2.34. The Morgan fingerprint density at radius 3 is 2.72 bits per heavy atom. The molecule has 0 bridgehead atoms. The number of hydrogen-bond acceptors (Lipinski definition) is 3. The number of aromatic nitrogens is 1. The molecule has 3 nitrogen and oxygen atoms in total. The molecule has 94 valence electrons. The number of hydrogen-bond donors (Lipinski definition) is 1. The topological polar surface area (TPSA) is 48.1 Å². The standard InChI is InChI=1S/C13H12Br2N2O/c1-8-4-11(15)13(17-7-8)18-12-3-2-10(14)5-9(12)6-16/h2-5,7H,6,16H2,1H3. The third-order valence-corrected chi connectivity index (χ3v) is 3.45. The van der Waals surface area contributed by atoms with Crippen molar-refractivity contribution < 1.29 is 4.74 Å². The van der Waals surface area contributed by atoms with Crippen molar-refractivity contribution >= 4 is 31.9 Å². The number of nitrogens with two attached hydrogens (primary N) is 1. The minimum absolute atomic E-state index is 0.415. The summed E-state index contributed by atoms with van der Waals surface area (Å²) in [6.07, 6.45) is 1.76. The molecule has 0 aliphatic carbocycles. The molecule has 2 aromatic rings. The molecule has 0 spiro atoms. The minimum Gasteiger partial charge on any atom is -0.438 e. The average molecular weight is 372 g/mol. The molecule has 0 aliphatic heterocycles. The zero-order chi connectivity index (χ0) is 13.1. The zero-order valence-corrected chi connectivity index (χ0v) is 13.0. The Bertz CT molecular complexity index is 573. The molecule has 2 rings (SSSR count). The maximum Gasteiger partial charge on any atom is 0.233 e. The highest BCUT2D eigenvalue weighted by atomic mass is 79.9. The van der Waals surface area contributed by atoms with Gasteiger partial charge in [-0.2, -0.15) is 0 Å². The maximum absolute atomic E-state index is 5.78. The molecule has 2 N–H and O–H groups in total. The van der Waals surface area contributed by atoms with Gasteiger partial charge in [0.2, 0.25) is 5.88 Å². The second kappa shape index (κ2) is 5.82. The normalized spacial score (nSPS) is 10.4. The van der Waals surface area contributed by atoms with Crippen molar-refractivity contribution in [1.29, 1.82) is 0 Å². The molecule has 18 heavy (non-hydrogen) atoms. The molecule has 0 saturated heterocycles. The second-order valence-corrected chi connectivity index (χ2v) is 5.63. The molecule has 0 saturated carbocycles. The fourth-order valence-electron chi connectivity index (χ4n) is 1.51. The Morgan fingerprint density at radius 2 is 2.06 bits per heavy atom. The summed E-state index contributed by atoms with van der Waals surface area (Å²) < 4.78 is 7.59. The lowest BCUT2D eigenvalue weighted by Crippen LogP contribution is -2.00. The lowest BCUT2D eigenvalue weighted by atomic mass is 10.2. The van der Waals surface area contributed by atoms with Crippen LogP contribution in [-0.4, -0.2) is 4.98 Å². The SMILES string of the molecule is Cc1cnc(Oc2ccc(Br)cc2CN)c(Br)c1. The Morgan fingerprint density at radius 1 is 1.28 bits per heavy atom. The summed E-state index contributed by atoms with van der Waals surface area (Å²) in [6, 6.07) is 7.69. The van der Waals surface area contributed by atoms with E-state index in [4.69, 9.17) is 10.5 Å².